The number of hydrogen-bond acceptors (Lipinski definition) is 6. The van der Waals surface area contributed by atoms with E-state index in [4.69, 9.17) is 0 Å². The highest BCUT2D eigenvalue weighted by atomic mass is 32.1. The number of amides is 2. The molecule has 154 valence electrons. The maximum atomic E-state index is 13.1. The van der Waals surface area contributed by atoms with Crippen molar-refractivity contribution in [2.75, 3.05) is 24.5 Å². The first-order valence-corrected chi connectivity index (χ1v) is 11.1. The van der Waals surface area contributed by atoms with E-state index in [2.05, 4.69) is 21.0 Å². The first-order valence-electron chi connectivity index (χ1n) is 10.3. The fourth-order valence-electron chi connectivity index (χ4n) is 4.39. The molecule has 1 aromatic carbocycles. The summed E-state index contributed by atoms with van der Waals surface area (Å²) in [7, 11) is 0. The number of benzene rings is 1. The molecule has 5 rings (SSSR count). The summed E-state index contributed by atoms with van der Waals surface area (Å²) in [6.07, 6.45) is 5.39. The summed E-state index contributed by atoms with van der Waals surface area (Å²) in [4.78, 5) is 42.3. The lowest BCUT2D eigenvalue weighted by Crippen LogP contribution is -2.42. The molecule has 0 saturated carbocycles. The summed E-state index contributed by atoms with van der Waals surface area (Å²) in [5, 5.41) is 0.693. The number of likely N-dealkylation sites (tertiary alicyclic amines) is 1. The highest BCUT2D eigenvalue weighted by Crippen LogP contribution is 2.34. The molecule has 2 aromatic heterocycles. The molecule has 2 fully saturated rings. The van der Waals surface area contributed by atoms with Crippen molar-refractivity contribution < 1.29 is 9.59 Å². The van der Waals surface area contributed by atoms with E-state index in [1.807, 2.05) is 30.0 Å². The lowest BCUT2D eigenvalue weighted by molar-refractivity contribution is -0.136. The van der Waals surface area contributed by atoms with Crippen LogP contribution in [0.15, 0.2) is 36.8 Å². The molecule has 4 heterocycles. The minimum atomic E-state index is -0.290. The summed E-state index contributed by atoms with van der Waals surface area (Å²) < 4.78 is 1.07. The zero-order valence-electron chi connectivity index (χ0n) is 16.8. The van der Waals surface area contributed by atoms with Gasteiger partial charge in [0.15, 0.2) is 5.13 Å². The van der Waals surface area contributed by atoms with Crippen LogP contribution in [0.4, 0.5) is 5.13 Å². The third-order valence-corrected chi connectivity index (χ3v) is 7.11. The van der Waals surface area contributed by atoms with Crippen LogP contribution in [-0.4, -0.2) is 51.3 Å². The SMILES string of the molecule is Cc1ccc2nc(N3CC(C(=O)N4CCC(c5ccncn5)CC4)CC3=O)sc2c1. The number of anilines is 1. The third-order valence-electron chi connectivity index (χ3n) is 6.07. The molecule has 0 bridgehead atoms. The van der Waals surface area contributed by atoms with Crippen LogP contribution in [0.25, 0.3) is 10.2 Å². The highest BCUT2D eigenvalue weighted by Gasteiger charge is 2.39. The predicted molar refractivity (Wildman–Crippen MR) is 115 cm³/mol. The Morgan fingerprint density at radius 3 is 2.80 bits per heavy atom. The molecule has 0 N–H and O–H groups in total. The zero-order chi connectivity index (χ0) is 20.7. The van der Waals surface area contributed by atoms with Crippen molar-refractivity contribution >= 4 is 38.5 Å². The van der Waals surface area contributed by atoms with Crippen molar-refractivity contribution in [2.24, 2.45) is 5.92 Å². The van der Waals surface area contributed by atoms with Crippen molar-refractivity contribution in [1.82, 2.24) is 19.9 Å². The molecule has 7 nitrogen and oxygen atoms in total. The van der Waals surface area contributed by atoms with Gasteiger partial charge < -0.3 is 4.90 Å². The molecule has 2 aliphatic rings. The molecule has 0 radical (unpaired) electrons. The molecule has 8 heteroatoms. The Morgan fingerprint density at radius 1 is 1.20 bits per heavy atom. The van der Waals surface area contributed by atoms with Crippen LogP contribution in [0.1, 0.15) is 36.4 Å². The van der Waals surface area contributed by atoms with Gasteiger partial charge in [0.2, 0.25) is 11.8 Å². The van der Waals surface area contributed by atoms with Crippen molar-refractivity contribution in [3.05, 3.63) is 48.0 Å². The molecule has 0 aliphatic carbocycles. The summed E-state index contributed by atoms with van der Waals surface area (Å²) in [5.41, 5.74) is 3.12. The van der Waals surface area contributed by atoms with Crippen molar-refractivity contribution in [3.8, 4) is 0 Å². The number of aryl methyl sites for hydroxylation is 1. The molecule has 0 spiro atoms. The number of piperidine rings is 1. The molecule has 1 atom stereocenters. The van der Waals surface area contributed by atoms with Gasteiger partial charge in [-0.1, -0.05) is 17.4 Å². The maximum Gasteiger partial charge on any atom is 0.229 e. The molecule has 1 unspecified atom stereocenters. The van der Waals surface area contributed by atoms with Crippen LogP contribution in [0.2, 0.25) is 0 Å². The standard InChI is InChI=1S/C22H23N5O2S/c1-14-2-3-18-19(10-14)30-22(25-18)27-12-16(11-20(27)28)21(29)26-8-5-15(6-9-26)17-4-7-23-13-24-17/h2-4,7,10,13,15-16H,5-6,8-9,11-12H2,1H3. The van der Waals surface area contributed by atoms with Crippen LogP contribution >= 0.6 is 11.3 Å². The van der Waals surface area contributed by atoms with Crippen LogP contribution in [-0.2, 0) is 9.59 Å². The smallest absolute Gasteiger partial charge is 0.229 e. The lowest BCUT2D eigenvalue weighted by Gasteiger charge is -2.33. The van der Waals surface area contributed by atoms with Gasteiger partial charge >= 0.3 is 0 Å². The second kappa shape index (κ2) is 7.75. The van der Waals surface area contributed by atoms with Gasteiger partial charge in [-0.3, -0.25) is 14.5 Å². The first-order chi connectivity index (χ1) is 14.6. The van der Waals surface area contributed by atoms with E-state index in [0.29, 0.717) is 30.7 Å². The van der Waals surface area contributed by atoms with Gasteiger partial charge in [0.25, 0.3) is 0 Å². The average Bonchev–Trinajstić information content (AvgIpc) is 3.36. The van der Waals surface area contributed by atoms with E-state index in [1.54, 1.807) is 17.4 Å². The van der Waals surface area contributed by atoms with E-state index in [-0.39, 0.29) is 24.2 Å². The lowest BCUT2D eigenvalue weighted by atomic mass is 9.92. The van der Waals surface area contributed by atoms with Crippen LogP contribution < -0.4 is 4.90 Å². The Balaban J connectivity index is 1.24. The summed E-state index contributed by atoms with van der Waals surface area (Å²) >= 11 is 1.52. The van der Waals surface area contributed by atoms with Gasteiger partial charge in [-0.05, 0) is 43.5 Å². The van der Waals surface area contributed by atoms with Crippen LogP contribution in [0.5, 0.6) is 0 Å². The Kier molecular flexibility index (Phi) is 4.94. The third kappa shape index (κ3) is 3.56. The number of aromatic nitrogens is 3. The van der Waals surface area contributed by atoms with Gasteiger partial charge in [-0.2, -0.15) is 0 Å². The van der Waals surface area contributed by atoms with Crippen LogP contribution in [0, 0.1) is 12.8 Å². The van der Waals surface area contributed by atoms with E-state index in [1.165, 1.54) is 16.9 Å². The van der Waals surface area contributed by atoms with Gasteiger partial charge in [0.05, 0.1) is 16.1 Å². The number of hydrogen-bond donors (Lipinski definition) is 0. The number of carbonyl (C=O) groups excluding carboxylic acids is 2. The molecule has 2 amide bonds. The minimum absolute atomic E-state index is 0.0139. The van der Waals surface area contributed by atoms with Gasteiger partial charge in [0, 0.05) is 43.9 Å². The molecule has 2 saturated heterocycles. The Bertz CT molecular complexity index is 1090. The molecular weight excluding hydrogens is 398 g/mol. The van der Waals surface area contributed by atoms with Crippen molar-refractivity contribution in [3.63, 3.8) is 0 Å². The van der Waals surface area contributed by atoms with Gasteiger partial charge in [-0.25, -0.2) is 15.0 Å². The number of carbonyl (C=O) groups is 2. The largest absolute Gasteiger partial charge is 0.342 e. The zero-order valence-corrected chi connectivity index (χ0v) is 17.6. The van der Waals surface area contributed by atoms with E-state index in [9.17, 15) is 9.59 Å². The summed E-state index contributed by atoms with van der Waals surface area (Å²) in [5.74, 6) is 0.149. The number of thiazole rings is 1. The fourth-order valence-corrected chi connectivity index (χ4v) is 5.48. The number of fused-ring (bicyclic) bond motifs is 1. The summed E-state index contributed by atoms with van der Waals surface area (Å²) in [6.45, 7) is 3.88. The van der Waals surface area contributed by atoms with E-state index in [0.717, 1.165) is 28.8 Å². The summed E-state index contributed by atoms with van der Waals surface area (Å²) in [6, 6.07) is 8.04. The Labute approximate surface area is 178 Å². The molecule has 3 aromatic rings. The second-order valence-electron chi connectivity index (χ2n) is 8.11. The number of nitrogens with zero attached hydrogens (tertiary/aromatic N) is 5. The van der Waals surface area contributed by atoms with Gasteiger partial charge in [0.1, 0.15) is 6.33 Å². The number of rotatable bonds is 3. The maximum absolute atomic E-state index is 13.1. The minimum Gasteiger partial charge on any atom is -0.342 e. The second-order valence-corrected chi connectivity index (χ2v) is 9.12. The normalized spacial score (nSPS) is 20.3. The van der Waals surface area contributed by atoms with Crippen molar-refractivity contribution in [2.45, 2.75) is 32.1 Å². The van der Waals surface area contributed by atoms with Crippen LogP contribution in [0.3, 0.4) is 0 Å². The van der Waals surface area contributed by atoms with Crippen molar-refractivity contribution in [1.29, 1.82) is 0 Å². The Morgan fingerprint density at radius 2 is 2.03 bits per heavy atom. The fraction of sp³-hybridized carbons (Fsp3) is 0.409. The molecular formula is C22H23N5O2S. The monoisotopic (exact) mass is 421 g/mol. The topological polar surface area (TPSA) is 79.3 Å². The molecule has 30 heavy (non-hydrogen) atoms. The molecule has 2 aliphatic heterocycles. The average molecular weight is 422 g/mol. The predicted octanol–water partition coefficient (Wildman–Crippen LogP) is 3.15. The quantitative estimate of drug-likeness (QED) is 0.649. The van der Waals surface area contributed by atoms with Gasteiger partial charge in [-0.15, -0.1) is 0 Å². The first kappa shape index (κ1) is 19.1. The highest BCUT2D eigenvalue weighted by molar-refractivity contribution is 7.22. The Hall–Kier alpha value is -2.87. The van der Waals surface area contributed by atoms with E-state index < -0.39 is 0 Å². The van der Waals surface area contributed by atoms with E-state index >= 15 is 0 Å².